The molecule has 4 N–H and O–H groups in total. The zero-order chi connectivity index (χ0) is 13.7. The number of anilines is 1. The first-order valence-electron chi connectivity index (χ1n) is 5.08. The Labute approximate surface area is 117 Å². The maximum Gasteiger partial charge on any atom is 0.327 e. The van der Waals surface area contributed by atoms with Gasteiger partial charge in [-0.25, -0.2) is 4.79 Å². The summed E-state index contributed by atoms with van der Waals surface area (Å²) in [6.45, 7) is 1.29. The number of nitrogens with one attached hydrogen (secondary N) is 1. The standard InChI is InChI=1S/C11H13BrN2O3S/c1-6(15)14-9(11(16)17)5-18-10-3-2-7(12)4-8(10)13/h2-4,9H,5,13H2,1H3,(H,14,15)(H,16,17). The van der Waals surface area contributed by atoms with E-state index in [1.807, 2.05) is 6.07 Å². The molecule has 0 spiro atoms. The van der Waals surface area contributed by atoms with Crippen LogP contribution in [0.5, 0.6) is 0 Å². The topological polar surface area (TPSA) is 92.4 Å². The first kappa shape index (κ1) is 14.8. The molecule has 0 aliphatic rings. The summed E-state index contributed by atoms with van der Waals surface area (Å²) in [5.74, 6) is -1.21. The number of nitrogen functional groups attached to an aromatic ring is 1. The number of hydrogen-bond acceptors (Lipinski definition) is 4. The van der Waals surface area contributed by atoms with E-state index in [4.69, 9.17) is 10.8 Å². The van der Waals surface area contributed by atoms with Gasteiger partial charge in [0.15, 0.2) is 0 Å². The van der Waals surface area contributed by atoms with Crippen molar-refractivity contribution in [2.75, 3.05) is 11.5 Å². The molecule has 0 aliphatic carbocycles. The van der Waals surface area contributed by atoms with Gasteiger partial charge in [0.25, 0.3) is 0 Å². The highest BCUT2D eigenvalue weighted by Gasteiger charge is 2.18. The van der Waals surface area contributed by atoms with Gasteiger partial charge in [0, 0.05) is 27.7 Å². The van der Waals surface area contributed by atoms with Crippen LogP contribution in [0.25, 0.3) is 0 Å². The van der Waals surface area contributed by atoms with Crippen molar-refractivity contribution in [3.8, 4) is 0 Å². The van der Waals surface area contributed by atoms with E-state index in [2.05, 4.69) is 21.2 Å². The van der Waals surface area contributed by atoms with Crippen LogP contribution in [0.3, 0.4) is 0 Å². The van der Waals surface area contributed by atoms with Gasteiger partial charge in [0.2, 0.25) is 5.91 Å². The third-order valence-electron chi connectivity index (χ3n) is 2.05. The average molecular weight is 333 g/mol. The number of carbonyl (C=O) groups excluding carboxylic acids is 1. The molecule has 0 saturated heterocycles. The first-order valence-corrected chi connectivity index (χ1v) is 6.85. The van der Waals surface area contributed by atoms with Gasteiger partial charge < -0.3 is 16.2 Å². The third-order valence-corrected chi connectivity index (χ3v) is 3.73. The van der Waals surface area contributed by atoms with E-state index in [1.165, 1.54) is 18.7 Å². The number of carboxylic acids is 1. The Morgan fingerprint density at radius 1 is 1.56 bits per heavy atom. The van der Waals surface area contributed by atoms with Crippen molar-refractivity contribution in [1.82, 2.24) is 5.32 Å². The van der Waals surface area contributed by atoms with Crippen molar-refractivity contribution in [2.24, 2.45) is 0 Å². The van der Waals surface area contributed by atoms with Crippen LogP contribution in [0.1, 0.15) is 6.92 Å². The summed E-state index contributed by atoms with van der Waals surface area (Å²) in [5, 5.41) is 11.3. The molecule has 0 aliphatic heterocycles. The summed E-state index contributed by atoms with van der Waals surface area (Å²) >= 11 is 4.58. The highest BCUT2D eigenvalue weighted by Crippen LogP contribution is 2.28. The second-order valence-corrected chi connectivity index (χ2v) is 5.56. The third kappa shape index (κ3) is 4.58. The van der Waals surface area contributed by atoms with E-state index in [-0.39, 0.29) is 11.7 Å². The Kier molecular flexibility index (Phi) is 5.49. The van der Waals surface area contributed by atoms with Crippen molar-refractivity contribution in [3.63, 3.8) is 0 Å². The lowest BCUT2D eigenvalue weighted by Gasteiger charge is -2.13. The monoisotopic (exact) mass is 332 g/mol. The van der Waals surface area contributed by atoms with Crippen LogP contribution in [0, 0.1) is 0 Å². The molecule has 0 fully saturated rings. The Morgan fingerprint density at radius 3 is 2.72 bits per heavy atom. The Morgan fingerprint density at radius 2 is 2.22 bits per heavy atom. The molecule has 5 nitrogen and oxygen atoms in total. The molecule has 98 valence electrons. The molecule has 1 aromatic rings. The van der Waals surface area contributed by atoms with Gasteiger partial charge in [0.05, 0.1) is 0 Å². The minimum Gasteiger partial charge on any atom is -0.480 e. The number of aliphatic carboxylic acids is 1. The van der Waals surface area contributed by atoms with E-state index in [9.17, 15) is 9.59 Å². The van der Waals surface area contributed by atoms with Crippen molar-refractivity contribution < 1.29 is 14.7 Å². The molecule has 0 aromatic heterocycles. The Balaban J connectivity index is 2.66. The molecule has 0 heterocycles. The fraction of sp³-hybridized carbons (Fsp3) is 0.273. The molecular weight excluding hydrogens is 320 g/mol. The molecule has 1 atom stereocenters. The number of rotatable bonds is 5. The van der Waals surface area contributed by atoms with Crippen molar-refractivity contribution in [3.05, 3.63) is 22.7 Å². The van der Waals surface area contributed by atoms with Crippen LogP contribution in [-0.2, 0) is 9.59 Å². The molecule has 0 bridgehead atoms. The number of thioether (sulfide) groups is 1. The molecule has 0 radical (unpaired) electrons. The molecule has 1 aromatic carbocycles. The second-order valence-electron chi connectivity index (χ2n) is 3.58. The first-order chi connectivity index (χ1) is 8.40. The van der Waals surface area contributed by atoms with Gasteiger partial charge in [0.1, 0.15) is 6.04 Å². The Hall–Kier alpha value is -1.21. The van der Waals surface area contributed by atoms with Crippen LogP contribution < -0.4 is 11.1 Å². The summed E-state index contributed by atoms with van der Waals surface area (Å²) in [4.78, 5) is 22.6. The van der Waals surface area contributed by atoms with E-state index in [1.54, 1.807) is 12.1 Å². The van der Waals surface area contributed by atoms with E-state index < -0.39 is 12.0 Å². The van der Waals surface area contributed by atoms with Gasteiger partial charge in [-0.3, -0.25) is 4.79 Å². The molecule has 18 heavy (non-hydrogen) atoms. The number of carboxylic acid groups (broad SMARTS) is 1. The lowest BCUT2D eigenvalue weighted by atomic mass is 10.3. The number of hydrogen-bond donors (Lipinski definition) is 3. The predicted molar refractivity (Wildman–Crippen MR) is 74.5 cm³/mol. The smallest absolute Gasteiger partial charge is 0.327 e. The summed E-state index contributed by atoms with van der Waals surface area (Å²) in [5.41, 5.74) is 6.37. The minimum atomic E-state index is -1.06. The number of carbonyl (C=O) groups is 2. The second kappa shape index (κ2) is 6.65. The molecule has 1 unspecified atom stereocenters. The van der Waals surface area contributed by atoms with Crippen LogP contribution in [0.4, 0.5) is 5.69 Å². The summed E-state index contributed by atoms with van der Waals surface area (Å²) < 4.78 is 0.862. The van der Waals surface area contributed by atoms with Gasteiger partial charge in [-0.1, -0.05) is 15.9 Å². The normalized spacial score (nSPS) is 11.9. The summed E-state index contributed by atoms with van der Waals surface area (Å²) in [6.07, 6.45) is 0. The average Bonchev–Trinajstić information content (AvgIpc) is 2.25. The van der Waals surface area contributed by atoms with Crippen molar-refractivity contribution in [1.29, 1.82) is 0 Å². The molecule has 1 amide bonds. The SMILES string of the molecule is CC(=O)NC(CSc1ccc(Br)cc1N)C(=O)O. The molecule has 1 rings (SSSR count). The fourth-order valence-corrected chi connectivity index (χ4v) is 2.58. The van der Waals surface area contributed by atoms with E-state index in [0.29, 0.717) is 5.69 Å². The summed E-state index contributed by atoms with van der Waals surface area (Å²) in [6, 6.07) is 4.45. The zero-order valence-corrected chi connectivity index (χ0v) is 12.0. The minimum absolute atomic E-state index is 0.223. The van der Waals surface area contributed by atoms with E-state index in [0.717, 1.165) is 9.37 Å². The van der Waals surface area contributed by atoms with E-state index >= 15 is 0 Å². The quantitative estimate of drug-likeness (QED) is 0.564. The maximum absolute atomic E-state index is 10.9. The zero-order valence-electron chi connectivity index (χ0n) is 9.64. The summed E-state index contributed by atoms with van der Waals surface area (Å²) in [7, 11) is 0. The maximum atomic E-state index is 10.9. The van der Waals surface area contributed by atoms with Crippen LogP contribution in [0.15, 0.2) is 27.6 Å². The van der Waals surface area contributed by atoms with Crippen LogP contribution in [-0.4, -0.2) is 28.8 Å². The number of benzene rings is 1. The number of halogens is 1. The van der Waals surface area contributed by atoms with Crippen molar-refractivity contribution in [2.45, 2.75) is 17.9 Å². The highest BCUT2D eigenvalue weighted by atomic mass is 79.9. The molecule has 0 saturated carbocycles. The van der Waals surface area contributed by atoms with Gasteiger partial charge in [-0.15, -0.1) is 11.8 Å². The van der Waals surface area contributed by atoms with Gasteiger partial charge in [-0.05, 0) is 18.2 Å². The Bertz CT molecular complexity index is 468. The van der Waals surface area contributed by atoms with Crippen LogP contribution in [0.2, 0.25) is 0 Å². The largest absolute Gasteiger partial charge is 0.480 e. The lowest BCUT2D eigenvalue weighted by Crippen LogP contribution is -2.41. The molecular formula is C11H13BrN2O3S. The van der Waals surface area contributed by atoms with Crippen molar-refractivity contribution >= 4 is 45.3 Å². The number of nitrogens with two attached hydrogens (primary N) is 1. The van der Waals surface area contributed by atoms with Crippen LogP contribution >= 0.6 is 27.7 Å². The molecule has 7 heteroatoms. The van der Waals surface area contributed by atoms with Gasteiger partial charge >= 0.3 is 5.97 Å². The fourth-order valence-electron chi connectivity index (χ4n) is 1.24. The highest BCUT2D eigenvalue weighted by molar-refractivity contribution is 9.10. The number of amides is 1. The lowest BCUT2D eigenvalue weighted by molar-refractivity contribution is -0.140. The van der Waals surface area contributed by atoms with Gasteiger partial charge in [-0.2, -0.15) is 0 Å². The predicted octanol–water partition coefficient (Wildman–Crippen LogP) is 1.71.